The van der Waals surface area contributed by atoms with E-state index in [-0.39, 0.29) is 17.5 Å². The molecule has 1 amide bonds. The summed E-state index contributed by atoms with van der Waals surface area (Å²) in [5, 5.41) is 16.5. The molecule has 19 heavy (non-hydrogen) atoms. The van der Waals surface area contributed by atoms with Crippen LogP contribution in [0.2, 0.25) is 0 Å². The van der Waals surface area contributed by atoms with Gasteiger partial charge >= 0.3 is 0 Å². The lowest BCUT2D eigenvalue weighted by Crippen LogP contribution is -2.49. The van der Waals surface area contributed by atoms with Crippen LogP contribution in [0.5, 0.6) is 0 Å². The van der Waals surface area contributed by atoms with E-state index in [0.717, 1.165) is 18.7 Å². The highest BCUT2D eigenvalue weighted by atomic mass is 16.6. The average molecular weight is 263 g/mol. The van der Waals surface area contributed by atoms with Gasteiger partial charge in [0.15, 0.2) is 0 Å². The summed E-state index contributed by atoms with van der Waals surface area (Å²) in [4.78, 5) is 22.0. The molecule has 2 rings (SSSR count). The molecular formula is C13H17N3O3. The van der Waals surface area contributed by atoms with Crippen LogP contribution >= 0.6 is 0 Å². The van der Waals surface area contributed by atoms with E-state index in [0.29, 0.717) is 12.5 Å². The van der Waals surface area contributed by atoms with Crippen LogP contribution in [0.15, 0.2) is 24.3 Å². The third-order valence-corrected chi connectivity index (χ3v) is 3.55. The van der Waals surface area contributed by atoms with Crippen LogP contribution < -0.4 is 10.6 Å². The summed E-state index contributed by atoms with van der Waals surface area (Å²) in [7, 11) is 0. The van der Waals surface area contributed by atoms with Crippen LogP contribution in [0.3, 0.4) is 0 Å². The van der Waals surface area contributed by atoms with Crippen molar-refractivity contribution in [1.29, 1.82) is 0 Å². The van der Waals surface area contributed by atoms with Gasteiger partial charge in [-0.3, -0.25) is 14.9 Å². The lowest BCUT2D eigenvalue weighted by Gasteiger charge is -2.31. The first-order chi connectivity index (χ1) is 9.08. The van der Waals surface area contributed by atoms with Crippen molar-refractivity contribution in [2.75, 3.05) is 13.1 Å². The maximum atomic E-state index is 11.9. The van der Waals surface area contributed by atoms with E-state index in [4.69, 9.17) is 0 Å². The number of amides is 1. The molecule has 0 radical (unpaired) electrons. The second-order valence-electron chi connectivity index (χ2n) is 4.85. The first-order valence-corrected chi connectivity index (χ1v) is 6.29. The smallest absolute Gasteiger partial charge is 0.269 e. The Bertz CT molecular complexity index is 469. The number of nitro benzene ring substituents is 1. The number of non-ortho nitro benzene ring substituents is 1. The Morgan fingerprint density at radius 3 is 2.58 bits per heavy atom. The van der Waals surface area contributed by atoms with E-state index in [1.54, 1.807) is 12.1 Å². The van der Waals surface area contributed by atoms with Crippen molar-refractivity contribution in [1.82, 2.24) is 10.6 Å². The van der Waals surface area contributed by atoms with Crippen molar-refractivity contribution in [3.8, 4) is 0 Å². The topological polar surface area (TPSA) is 84.3 Å². The molecule has 1 saturated heterocycles. The van der Waals surface area contributed by atoms with Gasteiger partial charge in [-0.1, -0.05) is 19.1 Å². The van der Waals surface area contributed by atoms with Crippen LogP contribution in [0.1, 0.15) is 12.5 Å². The van der Waals surface area contributed by atoms with E-state index in [1.165, 1.54) is 12.1 Å². The number of nitro groups is 1. The molecule has 1 atom stereocenters. The molecule has 102 valence electrons. The van der Waals surface area contributed by atoms with Crippen molar-refractivity contribution < 1.29 is 9.72 Å². The molecular weight excluding hydrogens is 246 g/mol. The summed E-state index contributed by atoms with van der Waals surface area (Å²) in [5.41, 5.74) is 0.918. The van der Waals surface area contributed by atoms with Gasteiger partial charge in [-0.2, -0.15) is 0 Å². The summed E-state index contributed by atoms with van der Waals surface area (Å²) in [6.45, 7) is 4.12. The summed E-state index contributed by atoms with van der Waals surface area (Å²) in [6.07, 6.45) is 0. The number of rotatable bonds is 5. The van der Waals surface area contributed by atoms with Gasteiger partial charge < -0.3 is 10.6 Å². The van der Waals surface area contributed by atoms with Gasteiger partial charge in [0.25, 0.3) is 5.69 Å². The van der Waals surface area contributed by atoms with Gasteiger partial charge in [-0.05, 0) is 24.6 Å². The second kappa shape index (κ2) is 5.79. The maximum absolute atomic E-state index is 11.9. The zero-order valence-corrected chi connectivity index (χ0v) is 10.8. The third kappa shape index (κ3) is 3.29. The van der Waals surface area contributed by atoms with E-state index in [1.807, 2.05) is 6.92 Å². The van der Waals surface area contributed by atoms with Crippen LogP contribution in [-0.2, 0) is 11.3 Å². The quantitative estimate of drug-likeness (QED) is 0.614. The molecule has 1 aliphatic heterocycles. The summed E-state index contributed by atoms with van der Waals surface area (Å²) in [5.74, 6) is 0.445. The first-order valence-electron chi connectivity index (χ1n) is 6.29. The lowest BCUT2D eigenvalue weighted by atomic mass is 9.88. The third-order valence-electron chi connectivity index (χ3n) is 3.55. The second-order valence-corrected chi connectivity index (χ2v) is 4.85. The minimum Gasteiger partial charge on any atom is -0.352 e. The molecule has 1 heterocycles. The molecule has 1 aromatic rings. The zero-order valence-electron chi connectivity index (χ0n) is 10.8. The van der Waals surface area contributed by atoms with Crippen molar-refractivity contribution >= 4 is 11.6 Å². The van der Waals surface area contributed by atoms with Crippen LogP contribution in [0.25, 0.3) is 0 Å². The van der Waals surface area contributed by atoms with Crippen LogP contribution in [-0.4, -0.2) is 23.9 Å². The highest BCUT2D eigenvalue weighted by Crippen LogP contribution is 2.16. The van der Waals surface area contributed by atoms with Gasteiger partial charge in [0.1, 0.15) is 0 Å². The monoisotopic (exact) mass is 263 g/mol. The van der Waals surface area contributed by atoms with E-state index < -0.39 is 4.92 Å². The van der Waals surface area contributed by atoms with E-state index in [2.05, 4.69) is 10.6 Å². The molecule has 1 fully saturated rings. The predicted molar refractivity (Wildman–Crippen MR) is 70.5 cm³/mol. The van der Waals surface area contributed by atoms with Crippen LogP contribution in [0, 0.1) is 22.0 Å². The van der Waals surface area contributed by atoms with Crippen LogP contribution in [0.4, 0.5) is 5.69 Å². The molecule has 0 spiro atoms. The lowest BCUT2D eigenvalue weighted by molar-refractivity contribution is -0.384. The van der Waals surface area contributed by atoms with Gasteiger partial charge in [0.2, 0.25) is 5.91 Å². The fourth-order valence-corrected chi connectivity index (χ4v) is 1.96. The molecule has 6 nitrogen and oxygen atoms in total. The molecule has 1 aliphatic rings. The highest BCUT2D eigenvalue weighted by Gasteiger charge is 2.28. The summed E-state index contributed by atoms with van der Waals surface area (Å²) in [6, 6.07) is 6.21. The Kier molecular flexibility index (Phi) is 4.11. The number of nitrogens with one attached hydrogen (secondary N) is 2. The number of carbonyl (C=O) groups is 1. The van der Waals surface area contributed by atoms with Crippen molar-refractivity contribution in [3.05, 3.63) is 39.9 Å². The SMILES string of the molecule is CC(C(=O)NCc1ccc([N+](=O)[O-])cc1)C1CNC1. The van der Waals surface area contributed by atoms with Crippen molar-refractivity contribution in [3.63, 3.8) is 0 Å². The van der Waals surface area contributed by atoms with Gasteiger partial charge in [0.05, 0.1) is 4.92 Å². The number of nitrogens with zero attached hydrogens (tertiary/aromatic N) is 1. The van der Waals surface area contributed by atoms with E-state index >= 15 is 0 Å². The number of hydrogen-bond acceptors (Lipinski definition) is 4. The Morgan fingerprint density at radius 2 is 2.11 bits per heavy atom. The Balaban J connectivity index is 1.84. The Morgan fingerprint density at radius 1 is 1.47 bits per heavy atom. The highest BCUT2D eigenvalue weighted by molar-refractivity contribution is 5.78. The minimum atomic E-state index is -0.436. The standard InChI is InChI=1S/C13H17N3O3/c1-9(11-7-14-8-11)13(17)15-6-10-2-4-12(5-3-10)16(18)19/h2-5,9,11,14H,6-8H2,1H3,(H,15,17). The Labute approximate surface area is 111 Å². The average Bonchev–Trinajstić information content (AvgIpc) is 2.34. The molecule has 0 aromatic heterocycles. The largest absolute Gasteiger partial charge is 0.352 e. The molecule has 2 N–H and O–H groups in total. The fourth-order valence-electron chi connectivity index (χ4n) is 1.96. The van der Waals surface area contributed by atoms with Gasteiger partial charge in [-0.25, -0.2) is 0 Å². The fraction of sp³-hybridized carbons (Fsp3) is 0.462. The van der Waals surface area contributed by atoms with Crippen molar-refractivity contribution in [2.24, 2.45) is 11.8 Å². The van der Waals surface area contributed by atoms with E-state index in [9.17, 15) is 14.9 Å². The molecule has 0 saturated carbocycles. The first kappa shape index (κ1) is 13.5. The normalized spacial score (nSPS) is 16.5. The molecule has 1 aromatic carbocycles. The zero-order chi connectivity index (χ0) is 13.8. The molecule has 1 unspecified atom stereocenters. The number of hydrogen-bond donors (Lipinski definition) is 2. The minimum absolute atomic E-state index is 0.000650. The van der Waals surface area contributed by atoms with Crippen molar-refractivity contribution in [2.45, 2.75) is 13.5 Å². The van der Waals surface area contributed by atoms with Gasteiger partial charge in [-0.15, -0.1) is 0 Å². The summed E-state index contributed by atoms with van der Waals surface area (Å²) < 4.78 is 0. The van der Waals surface area contributed by atoms with Gasteiger partial charge in [0, 0.05) is 24.6 Å². The number of benzene rings is 1. The number of carbonyl (C=O) groups excluding carboxylic acids is 1. The molecule has 0 aliphatic carbocycles. The summed E-state index contributed by atoms with van der Waals surface area (Å²) >= 11 is 0. The predicted octanol–water partition coefficient (Wildman–Crippen LogP) is 1.07. The maximum Gasteiger partial charge on any atom is 0.269 e. The molecule has 0 bridgehead atoms. The molecule has 6 heteroatoms. The Hall–Kier alpha value is -1.95.